The first-order valence-corrected chi connectivity index (χ1v) is 7.45. The van der Waals surface area contributed by atoms with Crippen LogP contribution in [0, 0.1) is 11.3 Å². The van der Waals surface area contributed by atoms with Crippen LogP contribution in [0.2, 0.25) is 0 Å². The van der Waals surface area contributed by atoms with Crippen molar-refractivity contribution in [3.63, 3.8) is 0 Å². The molecule has 0 saturated carbocycles. The number of benzene rings is 1. The number of carbonyl (C=O) groups excluding carboxylic acids is 1. The standard InChI is InChI=1S/C17H25NO2/c1-5-8-20-14-7-6-12-9-13(11-17(2,3)4)16(19)18-15(12)10-14/h6-7,10,13H,5,8-9,11H2,1-4H3,(H,18,19). The number of hydrogen-bond acceptors (Lipinski definition) is 2. The lowest BCUT2D eigenvalue weighted by Gasteiger charge is -2.30. The summed E-state index contributed by atoms with van der Waals surface area (Å²) in [7, 11) is 0. The van der Waals surface area contributed by atoms with E-state index in [1.807, 2.05) is 12.1 Å². The van der Waals surface area contributed by atoms with Crippen molar-refractivity contribution >= 4 is 11.6 Å². The predicted molar refractivity (Wildman–Crippen MR) is 82.1 cm³/mol. The van der Waals surface area contributed by atoms with Crippen LogP contribution in [-0.2, 0) is 11.2 Å². The molecule has 0 fully saturated rings. The van der Waals surface area contributed by atoms with Crippen molar-refractivity contribution in [1.82, 2.24) is 0 Å². The van der Waals surface area contributed by atoms with Crippen LogP contribution in [0.1, 0.15) is 46.1 Å². The molecule has 0 saturated heterocycles. The van der Waals surface area contributed by atoms with E-state index in [1.165, 1.54) is 5.56 Å². The molecule has 3 nitrogen and oxygen atoms in total. The van der Waals surface area contributed by atoms with Gasteiger partial charge in [-0.25, -0.2) is 0 Å². The second kappa shape index (κ2) is 5.86. The maximum atomic E-state index is 12.2. The molecule has 0 aliphatic carbocycles. The van der Waals surface area contributed by atoms with E-state index in [2.05, 4.69) is 39.1 Å². The molecular formula is C17H25NO2. The van der Waals surface area contributed by atoms with Crippen molar-refractivity contribution in [3.05, 3.63) is 23.8 Å². The topological polar surface area (TPSA) is 38.3 Å². The van der Waals surface area contributed by atoms with Gasteiger partial charge in [-0.05, 0) is 36.3 Å². The van der Waals surface area contributed by atoms with E-state index in [0.29, 0.717) is 6.61 Å². The molecule has 110 valence electrons. The van der Waals surface area contributed by atoms with E-state index in [9.17, 15) is 4.79 Å². The molecule has 1 amide bonds. The maximum absolute atomic E-state index is 12.2. The van der Waals surface area contributed by atoms with Crippen molar-refractivity contribution in [1.29, 1.82) is 0 Å². The average molecular weight is 275 g/mol. The first-order valence-electron chi connectivity index (χ1n) is 7.45. The van der Waals surface area contributed by atoms with Crippen molar-refractivity contribution in [3.8, 4) is 5.75 Å². The van der Waals surface area contributed by atoms with E-state index >= 15 is 0 Å². The van der Waals surface area contributed by atoms with Gasteiger partial charge in [-0.3, -0.25) is 4.79 Å². The molecule has 0 radical (unpaired) electrons. The second-order valence-corrected chi connectivity index (χ2v) is 6.82. The molecule has 20 heavy (non-hydrogen) atoms. The Labute approximate surface area is 121 Å². The van der Waals surface area contributed by atoms with Gasteiger partial charge in [0.25, 0.3) is 0 Å². The van der Waals surface area contributed by atoms with Crippen LogP contribution in [0.3, 0.4) is 0 Å². The Morgan fingerprint density at radius 1 is 1.35 bits per heavy atom. The zero-order chi connectivity index (χ0) is 14.8. The Kier molecular flexibility index (Phi) is 4.36. The molecule has 1 aliphatic rings. The molecular weight excluding hydrogens is 250 g/mol. The largest absolute Gasteiger partial charge is 0.494 e. The Balaban J connectivity index is 2.12. The van der Waals surface area contributed by atoms with E-state index in [4.69, 9.17) is 4.74 Å². The molecule has 1 aliphatic heterocycles. The van der Waals surface area contributed by atoms with Gasteiger partial charge in [-0.15, -0.1) is 0 Å². The smallest absolute Gasteiger partial charge is 0.227 e. The lowest BCUT2D eigenvalue weighted by Crippen LogP contribution is -2.32. The third kappa shape index (κ3) is 3.75. The number of anilines is 1. The van der Waals surface area contributed by atoms with E-state index in [-0.39, 0.29) is 17.2 Å². The van der Waals surface area contributed by atoms with Gasteiger partial charge in [0.1, 0.15) is 5.75 Å². The number of nitrogens with one attached hydrogen (secondary N) is 1. The van der Waals surface area contributed by atoms with Crippen LogP contribution >= 0.6 is 0 Å². The highest BCUT2D eigenvalue weighted by atomic mass is 16.5. The third-order valence-electron chi connectivity index (χ3n) is 3.51. The molecule has 3 heteroatoms. The number of amides is 1. The van der Waals surface area contributed by atoms with Crippen molar-refractivity contribution in [2.75, 3.05) is 11.9 Å². The Bertz CT molecular complexity index is 488. The number of ether oxygens (including phenoxy) is 1. The predicted octanol–water partition coefficient (Wildman–Crippen LogP) is 4.02. The minimum atomic E-state index is 0.0740. The van der Waals surface area contributed by atoms with Crippen LogP contribution in [0.5, 0.6) is 5.75 Å². The van der Waals surface area contributed by atoms with Crippen LogP contribution in [0.25, 0.3) is 0 Å². The van der Waals surface area contributed by atoms with Crippen molar-refractivity contribution < 1.29 is 9.53 Å². The summed E-state index contributed by atoms with van der Waals surface area (Å²) >= 11 is 0. The van der Waals surface area contributed by atoms with Gasteiger partial charge < -0.3 is 10.1 Å². The quantitative estimate of drug-likeness (QED) is 0.901. The maximum Gasteiger partial charge on any atom is 0.227 e. The first kappa shape index (κ1) is 14.9. The number of hydrogen-bond donors (Lipinski definition) is 1. The Morgan fingerprint density at radius 3 is 2.75 bits per heavy atom. The molecule has 0 bridgehead atoms. The molecule has 1 N–H and O–H groups in total. The minimum absolute atomic E-state index is 0.0740. The Hall–Kier alpha value is -1.51. The fraction of sp³-hybridized carbons (Fsp3) is 0.588. The summed E-state index contributed by atoms with van der Waals surface area (Å²) in [6, 6.07) is 6.02. The molecule has 0 aromatic heterocycles. The highest BCUT2D eigenvalue weighted by Crippen LogP contribution is 2.34. The molecule has 1 aromatic rings. The normalized spacial score (nSPS) is 18.4. The summed E-state index contributed by atoms with van der Waals surface area (Å²) < 4.78 is 5.61. The zero-order valence-electron chi connectivity index (χ0n) is 13.0. The highest BCUT2D eigenvalue weighted by molar-refractivity contribution is 5.96. The highest BCUT2D eigenvalue weighted by Gasteiger charge is 2.29. The molecule has 1 atom stereocenters. The first-order chi connectivity index (χ1) is 9.39. The van der Waals surface area contributed by atoms with E-state index < -0.39 is 0 Å². The van der Waals surface area contributed by atoms with Gasteiger partial charge in [-0.2, -0.15) is 0 Å². The van der Waals surface area contributed by atoms with Crippen LogP contribution in [0.4, 0.5) is 5.69 Å². The zero-order valence-corrected chi connectivity index (χ0v) is 13.0. The molecule has 1 heterocycles. The number of rotatable bonds is 4. The third-order valence-corrected chi connectivity index (χ3v) is 3.51. The average Bonchev–Trinajstić information content (AvgIpc) is 2.35. The van der Waals surface area contributed by atoms with Crippen molar-refractivity contribution in [2.24, 2.45) is 11.3 Å². The fourth-order valence-electron chi connectivity index (χ4n) is 2.66. The molecule has 1 aromatic carbocycles. The second-order valence-electron chi connectivity index (χ2n) is 6.82. The summed E-state index contributed by atoms with van der Waals surface area (Å²) in [6.45, 7) is 9.32. The van der Waals surface area contributed by atoms with Crippen LogP contribution < -0.4 is 10.1 Å². The minimum Gasteiger partial charge on any atom is -0.494 e. The summed E-state index contributed by atoms with van der Waals surface area (Å²) in [5.74, 6) is 1.05. The summed E-state index contributed by atoms with van der Waals surface area (Å²) in [6.07, 6.45) is 2.72. The SMILES string of the molecule is CCCOc1ccc2c(c1)NC(=O)C(CC(C)(C)C)C2. The van der Waals surface area contributed by atoms with Crippen LogP contribution in [-0.4, -0.2) is 12.5 Å². The van der Waals surface area contributed by atoms with E-state index in [0.717, 1.165) is 30.7 Å². The molecule has 0 spiro atoms. The lowest BCUT2D eigenvalue weighted by molar-refractivity contribution is -0.121. The summed E-state index contributed by atoms with van der Waals surface area (Å²) in [5.41, 5.74) is 2.29. The summed E-state index contributed by atoms with van der Waals surface area (Å²) in [4.78, 5) is 12.2. The molecule has 2 rings (SSSR count). The molecule has 1 unspecified atom stereocenters. The van der Waals surface area contributed by atoms with Crippen LogP contribution in [0.15, 0.2) is 18.2 Å². The van der Waals surface area contributed by atoms with Gasteiger partial charge in [0.05, 0.1) is 6.61 Å². The van der Waals surface area contributed by atoms with Gasteiger partial charge in [0.15, 0.2) is 0 Å². The Morgan fingerprint density at radius 2 is 2.10 bits per heavy atom. The number of fused-ring (bicyclic) bond motifs is 1. The van der Waals surface area contributed by atoms with E-state index in [1.54, 1.807) is 0 Å². The van der Waals surface area contributed by atoms with Crippen molar-refractivity contribution in [2.45, 2.75) is 47.0 Å². The monoisotopic (exact) mass is 275 g/mol. The number of carbonyl (C=O) groups is 1. The summed E-state index contributed by atoms with van der Waals surface area (Å²) in [5, 5.41) is 3.03. The van der Waals surface area contributed by atoms with Gasteiger partial charge in [0, 0.05) is 17.7 Å². The fourth-order valence-corrected chi connectivity index (χ4v) is 2.66. The lowest BCUT2D eigenvalue weighted by atomic mass is 9.80. The van der Waals surface area contributed by atoms with Gasteiger partial charge in [0.2, 0.25) is 5.91 Å². The van der Waals surface area contributed by atoms with Gasteiger partial charge in [-0.1, -0.05) is 33.8 Å². The van der Waals surface area contributed by atoms with Gasteiger partial charge >= 0.3 is 0 Å².